The van der Waals surface area contributed by atoms with Crippen molar-refractivity contribution in [1.29, 1.82) is 0 Å². The molecule has 4 aromatic rings. The largest absolute Gasteiger partial charge is 0.357 e. The predicted molar refractivity (Wildman–Crippen MR) is 162 cm³/mol. The number of hydrogen-bond acceptors (Lipinski definition) is 4. The van der Waals surface area contributed by atoms with Crippen molar-refractivity contribution >= 4 is 50.7 Å². The molecule has 0 aliphatic heterocycles. The highest BCUT2D eigenvalue weighted by atomic mass is 35.5. The Bertz CT molecular complexity index is 1570. The summed E-state index contributed by atoms with van der Waals surface area (Å²) in [6, 6.07) is 29.4. The number of halogens is 2. The van der Waals surface area contributed by atoms with E-state index in [0.717, 1.165) is 15.4 Å². The van der Waals surface area contributed by atoms with E-state index in [9.17, 15) is 18.0 Å². The molecule has 0 heterocycles. The number of carbonyl (C=O) groups excluding carboxylic acids is 2. The molecule has 4 rings (SSSR count). The molecule has 41 heavy (non-hydrogen) atoms. The molecule has 0 fully saturated rings. The molecule has 212 valence electrons. The molecule has 0 unspecified atom stereocenters. The van der Waals surface area contributed by atoms with Crippen LogP contribution in [0.4, 0.5) is 5.69 Å². The first-order chi connectivity index (χ1) is 19.7. The number of amides is 2. The number of benzene rings is 4. The number of nitrogens with one attached hydrogen (secondary N) is 1. The Morgan fingerprint density at radius 1 is 0.756 bits per heavy atom. The van der Waals surface area contributed by atoms with Gasteiger partial charge in [0.25, 0.3) is 10.0 Å². The molecule has 1 atom stereocenters. The van der Waals surface area contributed by atoms with Crippen LogP contribution in [0.3, 0.4) is 0 Å². The van der Waals surface area contributed by atoms with E-state index in [0.29, 0.717) is 10.0 Å². The zero-order valence-corrected chi connectivity index (χ0v) is 24.6. The molecular weight excluding hydrogens is 581 g/mol. The van der Waals surface area contributed by atoms with E-state index < -0.39 is 28.5 Å². The van der Waals surface area contributed by atoms with Crippen LogP contribution in [0.1, 0.15) is 11.1 Å². The Labute approximate surface area is 250 Å². The van der Waals surface area contributed by atoms with Crippen molar-refractivity contribution in [3.8, 4) is 0 Å². The van der Waals surface area contributed by atoms with Crippen LogP contribution >= 0.6 is 23.2 Å². The number of sulfonamides is 1. The highest BCUT2D eigenvalue weighted by molar-refractivity contribution is 7.92. The summed E-state index contributed by atoms with van der Waals surface area (Å²) in [7, 11) is -2.65. The van der Waals surface area contributed by atoms with Gasteiger partial charge in [-0.3, -0.25) is 13.9 Å². The van der Waals surface area contributed by atoms with E-state index in [-0.39, 0.29) is 29.5 Å². The van der Waals surface area contributed by atoms with Crippen LogP contribution in [-0.2, 0) is 32.6 Å². The highest BCUT2D eigenvalue weighted by Gasteiger charge is 2.34. The average Bonchev–Trinajstić information content (AvgIpc) is 2.99. The van der Waals surface area contributed by atoms with Gasteiger partial charge in [0.1, 0.15) is 12.6 Å². The SMILES string of the molecule is CNC(=O)[C@@H](Cc1ccccc1)N(Cc1ccc(Cl)cc1)C(=O)CN(c1ccc(Cl)cc1)S(=O)(=O)c1ccccc1. The van der Waals surface area contributed by atoms with E-state index >= 15 is 0 Å². The summed E-state index contributed by atoms with van der Waals surface area (Å²) in [5.74, 6) is -0.931. The molecule has 2 amide bonds. The zero-order chi connectivity index (χ0) is 29.4. The van der Waals surface area contributed by atoms with Crippen molar-refractivity contribution in [3.63, 3.8) is 0 Å². The second kappa shape index (κ2) is 13.7. The summed E-state index contributed by atoms with van der Waals surface area (Å²) in [4.78, 5) is 28.9. The lowest BCUT2D eigenvalue weighted by molar-refractivity contribution is -0.139. The Kier molecular flexibility index (Phi) is 10.0. The van der Waals surface area contributed by atoms with Gasteiger partial charge in [0.2, 0.25) is 11.8 Å². The van der Waals surface area contributed by atoms with Crippen molar-refractivity contribution in [2.45, 2.75) is 23.9 Å². The quantitative estimate of drug-likeness (QED) is 0.241. The first-order valence-electron chi connectivity index (χ1n) is 12.8. The van der Waals surface area contributed by atoms with E-state index in [2.05, 4.69) is 5.32 Å². The second-order valence-corrected chi connectivity index (χ2v) is 12.0. The Morgan fingerprint density at radius 2 is 1.29 bits per heavy atom. The van der Waals surface area contributed by atoms with Gasteiger partial charge in [-0.05, 0) is 59.7 Å². The van der Waals surface area contributed by atoms with Crippen LogP contribution in [0.15, 0.2) is 114 Å². The summed E-state index contributed by atoms with van der Waals surface area (Å²) >= 11 is 12.2. The fraction of sp³-hybridized carbons (Fsp3) is 0.161. The highest BCUT2D eigenvalue weighted by Crippen LogP contribution is 2.26. The fourth-order valence-electron chi connectivity index (χ4n) is 4.36. The Hall–Kier alpha value is -3.85. The second-order valence-electron chi connectivity index (χ2n) is 9.27. The minimum absolute atomic E-state index is 0.0270. The van der Waals surface area contributed by atoms with E-state index in [4.69, 9.17) is 23.2 Å². The fourth-order valence-corrected chi connectivity index (χ4v) is 6.05. The monoisotopic (exact) mass is 609 g/mol. The minimum atomic E-state index is -4.16. The third-order valence-corrected chi connectivity index (χ3v) is 8.80. The lowest BCUT2D eigenvalue weighted by Crippen LogP contribution is -2.53. The van der Waals surface area contributed by atoms with Gasteiger partial charge >= 0.3 is 0 Å². The smallest absolute Gasteiger partial charge is 0.264 e. The van der Waals surface area contributed by atoms with Crippen LogP contribution < -0.4 is 9.62 Å². The standard InChI is InChI=1S/C31H29Cl2N3O4S/c1-34-31(38)29(20-23-8-4-2-5-9-23)35(21-24-12-14-25(32)15-13-24)30(37)22-36(27-18-16-26(33)17-19-27)41(39,40)28-10-6-3-7-11-28/h2-19,29H,20-22H2,1H3,(H,34,38)/t29-/m1/s1. The van der Waals surface area contributed by atoms with Crippen molar-refractivity contribution < 1.29 is 18.0 Å². The molecular formula is C31H29Cl2N3O4S. The van der Waals surface area contributed by atoms with Gasteiger partial charge in [0.15, 0.2) is 0 Å². The first-order valence-corrected chi connectivity index (χ1v) is 15.0. The number of nitrogens with zero attached hydrogens (tertiary/aromatic N) is 2. The number of hydrogen-bond donors (Lipinski definition) is 1. The van der Waals surface area contributed by atoms with E-state index in [1.165, 1.54) is 24.1 Å². The molecule has 0 aromatic heterocycles. The van der Waals surface area contributed by atoms with Gasteiger partial charge in [0.05, 0.1) is 10.6 Å². The number of rotatable bonds is 11. The average molecular weight is 611 g/mol. The van der Waals surface area contributed by atoms with Crippen molar-refractivity contribution in [3.05, 3.63) is 130 Å². The Morgan fingerprint density at radius 3 is 1.85 bits per heavy atom. The number of anilines is 1. The third-order valence-electron chi connectivity index (χ3n) is 6.51. The summed E-state index contributed by atoms with van der Waals surface area (Å²) in [5.41, 5.74) is 1.84. The van der Waals surface area contributed by atoms with Gasteiger partial charge in [0, 0.05) is 30.1 Å². The molecule has 0 aliphatic carbocycles. The van der Waals surface area contributed by atoms with Crippen molar-refractivity contribution in [2.75, 3.05) is 17.9 Å². The van der Waals surface area contributed by atoms with Gasteiger partial charge in [-0.25, -0.2) is 8.42 Å². The minimum Gasteiger partial charge on any atom is -0.357 e. The maximum absolute atomic E-state index is 14.2. The molecule has 0 spiro atoms. The summed E-state index contributed by atoms with van der Waals surface area (Å²) in [5, 5.41) is 3.61. The maximum Gasteiger partial charge on any atom is 0.264 e. The lowest BCUT2D eigenvalue weighted by Gasteiger charge is -2.33. The van der Waals surface area contributed by atoms with Crippen LogP contribution in [0.2, 0.25) is 10.0 Å². The summed E-state index contributed by atoms with van der Waals surface area (Å²) in [6.07, 6.45) is 0.228. The first kappa shape index (κ1) is 30.1. The molecule has 7 nitrogen and oxygen atoms in total. The van der Waals surface area contributed by atoms with Gasteiger partial charge < -0.3 is 10.2 Å². The van der Waals surface area contributed by atoms with E-state index in [1.807, 2.05) is 30.3 Å². The zero-order valence-electron chi connectivity index (χ0n) is 22.3. The van der Waals surface area contributed by atoms with Crippen LogP contribution in [0, 0.1) is 0 Å². The van der Waals surface area contributed by atoms with Crippen LogP contribution in [0.5, 0.6) is 0 Å². The van der Waals surface area contributed by atoms with Gasteiger partial charge in [-0.2, -0.15) is 0 Å². The van der Waals surface area contributed by atoms with Gasteiger partial charge in [-0.1, -0.05) is 83.9 Å². The molecule has 0 bridgehead atoms. The van der Waals surface area contributed by atoms with Gasteiger partial charge in [-0.15, -0.1) is 0 Å². The molecule has 1 N–H and O–H groups in total. The Balaban J connectivity index is 1.77. The molecule has 0 aliphatic rings. The molecule has 4 aromatic carbocycles. The lowest BCUT2D eigenvalue weighted by atomic mass is 10.0. The summed E-state index contributed by atoms with van der Waals surface area (Å²) < 4.78 is 28.7. The van der Waals surface area contributed by atoms with Crippen LogP contribution in [0.25, 0.3) is 0 Å². The topological polar surface area (TPSA) is 86.8 Å². The molecule has 0 saturated carbocycles. The van der Waals surface area contributed by atoms with Crippen LogP contribution in [-0.4, -0.2) is 44.8 Å². The number of carbonyl (C=O) groups is 2. The molecule has 0 saturated heterocycles. The maximum atomic E-state index is 14.2. The molecule has 10 heteroatoms. The van der Waals surface area contributed by atoms with Crippen molar-refractivity contribution in [1.82, 2.24) is 10.2 Å². The number of likely N-dealkylation sites (N-methyl/N-ethyl adjacent to an activating group) is 1. The van der Waals surface area contributed by atoms with E-state index in [1.54, 1.807) is 66.7 Å². The normalized spacial score (nSPS) is 11.9. The van der Waals surface area contributed by atoms with Crippen molar-refractivity contribution in [2.24, 2.45) is 0 Å². The third kappa shape index (κ3) is 7.67. The predicted octanol–water partition coefficient (Wildman–Crippen LogP) is 5.57. The summed E-state index contributed by atoms with van der Waals surface area (Å²) in [6.45, 7) is -0.491. The molecule has 0 radical (unpaired) electrons.